The number of ether oxygens (including phenoxy) is 1. The first kappa shape index (κ1) is 28.9. The van der Waals surface area contributed by atoms with Crippen LogP contribution in [-0.4, -0.2) is 18.1 Å². The summed E-state index contributed by atoms with van der Waals surface area (Å²) in [5.74, 6) is 1.64. The number of aryl methyl sites for hydroxylation is 2. The smallest absolute Gasteiger partial charge is 0.123 e. The predicted octanol–water partition coefficient (Wildman–Crippen LogP) is 9.01. The third kappa shape index (κ3) is 10.3. The first-order valence-corrected chi connectivity index (χ1v) is 14.4. The van der Waals surface area contributed by atoms with E-state index in [-0.39, 0.29) is 5.82 Å². The maximum atomic E-state index is 13.1. The van der Waals surface area contributed by atoms with Crippen LogP contribution < -0.4 is 4.74 Å². The zero-order chi connectivity index (χ0) is 26.3. The fourth-order valence-corrected chi connectivity index (χ4v) is 5.18. The van der Waals surface area contributed by atoms with Gasteiger partial charge in [0, 0.05) is 13.1 Å². The maximum Gasteiger partial charge on any atom is 0.123 e. The van der Waals surface area contributed by atoms with Gasteiger partial charge >= 0.3 is 0 Å². The van der Waals surface area contributed by atoms with Crippen LogP contribution in [0.5, 0.6) is 5.75 Å². The Morgan fingerprint density at radius 1 is 0.811 bits per heavy atom. The van der Waals surface area contributed by atoms with E-state index < -0.39 is 0 Å². The molecule has 0 aliphatic carbocycles. The lowest BCUT2D eigenvalue weighted by Crippen LogP contribution is -2.22. The van der Waals surface area contributed by atoms with Gasteiger partial charge in [0.1, 0.15) is 11.6 Å². The fraction of sp³-hybridized carbons (Fsp3) is 0.471. The van der Waals surface area contributed by atoms with Gasteiger partial charge in [-0.3, -0.25) is 4.90 Å². The van der Waals surface area contributed by atoms with Crippen LogP contribution in [0.25, 0.3) is 0 Å². The quantitative estimate of drug-likeness (QED) is 0.259. The maximum absolute atomic E-state index is 13.1. The Hall–Kier alpha value is -2.65. The Morgan fingerprint density at radius 3 is 2.19 bits per heavy atom. The van der Waals surface area contributed by atoms with Crippen LogP contribution in [0.2, 0.25) is 0 Å². The molecule has 2 nitrogen and oxygen atoms in total. The van der Waals surface area contributed by atoms with Gasteiger partial charge in [-0.25, -0.2) is 4.39 Å². The highest BCUT2D eigenvalue weighted by Gasteiger charge is 2.16. The van der Waals surface area contributed by atoms with Crippen molar-refractivity contribution in [1.82, 2.24) is 4.90 Å². The van der Waals surface area contributed by atoms with Crippen LogP contribution in [-0.2, 0) is 25.9 Å². The van der Waals surface area contributed by atoms with Crippen molar-refractivity contribution in [2.24, 2.45) is 5.92 Å². The summed E-state index contributed by atoms with van der Waals surface area (Å²) in [6, 6.07) is 24.0. The Balaban J connectivity index is 0.000000405. The largest absolute Gasteiger partial charge is 0.494 e. The molecular weight excluding hydrogens is 457 g/mol. The van der Waals surface area contributed by atoms with Crippen molar-refractivity contribution in [3.63, 3.8) is 0 Å². The minimum Gasteiger partial charge on any atom is -0.494 e. The van der Waals surface area contributed by atoms with Crippen molar-refractivity contribution in [3.8, 4) is 5.75 Å². The lowest BCUT2D eigenvalue weighted by molar-refractivity contribution is 0.260. The second-order valence-corrected chi connectivity index (χ2v) is 10.3. The lowest BCUT2D eigenvalue weighted by atomic mass is 9.95. The Labute approximate surface area is 224 Å². The average molecular weight is 504 g/mol. The first-order chi connectivity index (χ1) is 18.1. The molecule has 3 heteroatoms. The van der Waals surface area contributed by atoms with E-state index in [0.29, 0.717) is 0 Å². The van der Waals surface area contributed by atoms with E-state index in [4.69, 9.17) is 4.74 Å². The standard InChI is InChI=1S/C26H36FNO.C8H10/c1-3-6-21(7-4-2)15-17-29-26-14-11-24-20-28(16-5-8-23(24)18-26)19-22-9-12-25(27)13-10-22;1-2-8-6-4-3-5-7-8/h9-14,18,21H,3-8,15-17,19-20H2,1-2H3;3-7H,2H2,1H3. The molecule has 200 valence electrons. The molecule has 0 fully saturated rings. The van der Waals surface area contributed by atoms with E-state index in [9.17, 15) is 4.39 Å². The van der Waals surface area contributed by atoms with Crippen LogP contribution in [0.1, 0.15) is 81.5 Å². The Kier molecular flexibility index (Phi) is 12.7. The van der Waals surface area contributed by atoms with Crippen molar-refractivity contribution in [2.75, 3.05) is 13.2 Å². The third-order valence-electron chi connectivity index (χ3n) is 7.25. The van der Waals surface area contributed by atoms with Gasteiger partial charge in [0.2, 0.25) is 0 Å². The molecule has 3 aromatic rings. The van der Waals surface area contributed by atoms with Crippen LogP contribution in [0, 0.1) is 11.7 Å². The second kappa shape index (κ2) is 16.2. The zero-order valence-corrected chi connectivity index (χ0v) is 23.2. The predicted molar refractivity (Wildman–Crippen MR) is 155 cm³/mol. The van der Waals surface area contributed by atoms with Gasteiger partial charge in [-0.1, -0.05) is 95.0 Å². The van der Waals surface area contributed by atoms with Gasteiger partial charge in [-0.05, 0) is 84.7 Å². The van der Waals surface area contributed by atoms with E-state index in [2.05, 4.69) is 68.1 Å². The van der Waals surface area contributed by atoms with Crippen molar-refractivity contribution in [3.05, 3.63) is 101 Å². The molecule has 1 heterocycles. The molecule has 0 aromatic heterocycles. The number of fused-ring (bicyclic) bond motifs is 1. The number of rotatable bonds is 11. The van der Waals surface area contributed by atoms with Crippen molar-refractivity contribution >= 4 is 0 Å². The topological polar surface area (TPSA) is 12.5 Å². The second-order valence-electron chi connectivity index (χ2n) is 10.3. The lowest BCUT2D eigenvalue weighted by Gasteiger charge is -2.21. The number of hydrogen-bond donors (Lipinski definition) is 0. The molecule has 0 bridgehead atoms. The van der Waals surface area contributed by atoms with E-state index >= 15 is 0 Å². The van der Waals surface area contributed by atoms with Gasteiger partial charge < -0.3 is 4.74 Å². The molecule has 0 amide bonds. The van der Waals surface area contributed by atoms with Gasteiger partial charge in [-0.2, -0.15) is 0 Å². The molecule has 4 rings (SSSR count). The van der Waals surface area contributed by atoms with Crippen LogP contribution in [0.3, 0.4) is 0 Å². The summed E-state index contributed by atoms with van der Waals surface area (Å²) in [5, 5.41) is 0. The Bertz CT molecular complexity index is 1010. The molecule has 0 spiro atoms. The highest BCUT2D eigenvalue weighted by molar-refractivity contribution is 5.36. The number of benzene rings is 3. The minimum absolute atomic E-state index is 0.168. The fourth-order valence-electron chi connectivity index (χ4n) is 5.18. The highest BCUT2D eigenvalue weighted by atomic mass is 19.1. The molecule has 1 aliphatic rings. The summed E-state index contributed by atoms with van der Waals surface area (Å²) in [4.78, 5) is 2.46. The number of halogens is 1. The van der Waals surface area contributed by atoms with E-state index in [1.807, 2.05) is 18.2 Å². The normalized spacial score (nSPS) is 13.4. The molecular formula is C34H46FNO. The highest BCUT2D eigenvalue weighted by Crippen LogP contribution is 2.25. The summed E-state index contributed by atoms with van der Waals surface area (Å²) in [7, 11) is 0. The first-order valence-electron chi connectivity index (χ1n) is 14.4. The van der Waals surface area contributed by atoms with Crippen molar-refractivity contribution in [2.45, 2.75) is 85.2 Å². The summed E-state index contributed by atoms with van der Waals surface area (Å²) >= 11 is 0. The SMILES string of the molecule is CCCC(CCC)CCOc1ccc2c(c1)CCCN(Cc1ccc(F)cc1)C2.CCc1ccccc1. The summed E-state index contributed by atoms with van der Waals surface area (Å²) < 4.78 is 19.3. The van der Waals surface area contributed by atoms with Crippen LogP contribution in [0.15, 0.2) is 72.8 Å². The molecule has 0 unspecified atom stereocenters. The molecule has 3 aromatic carbocycles. The molecule has 0 saturated carbocycles. The van der Waals surface area contributed by atoms with Crippen molar-refractivity contribution < 1.29 is 9.13 Å². The van der Waals surface area contributed by atoms with Gasteiger partial charge in [0.15, 0.2) is 0 Å². The van der Waals surface area contributed by atoms with E-state index in [1.165, 1.54) is 47.9 Å². The zero-order valence-electron chi connectivity index (χ0n) is 23.2. The molecule has 37 heavy (non-hydrogen) atoms. The van der Waals surface area contributed by atoms with Crippen LogP contribution in [0.4, 0.5) is 4.39 Å². The minimum atomic E-state index is -0.168. The van der Waals surface area contributed by atoms with Gasteiger partial charge in [0.25, 0.3) is 0 Å². The number of hydrogen-bond acceptors (Lipinski definition) is 2. The average Bonchev–Trinajstić information content (AvgIpc) is 3.12. The summed E-state index contributed by atoms with van der Waals surface area (Å²) in [5.41, 5.74) is 5.39. The third-order valence-corrected chi connectivity index (χ3v) is 7.25. The monoisotopic (exact) mass is 503 g/mol. The molecule has 1 aliphatic heterocycles. The van der Waals surface area contributed by atoms with Crippen molar-refractivity contribution in [1.29, 1.82) is 0 Å². The molecule has 0 atom stereocenters. The summed E-state index contributed by atoms with van der Waals surface area (Å²) in [6.45, 7) is 10.4. The Morgan fingerprint density at radius 2 is 1.54 bits per heavy atom. The summed E-state index contributed by atoms with van der Waals surface area (Å²) in [6.07, 6.45) is 9.69. The van der Waals surface area contributed by atoms with Gasteiger partial charge in [-0.15, -0.1) is 0 Å². The van der Waals surface area contributed by atoms with E-state index in [0.717, 1.165) is 63.6 Å². The molecule has 0 radical (unpaired) electrons. The van der Waals surface area contributed by atoms with Gasteiger partial charge in [0.05, 0.1) is 6.61 Å². The van der Waals surface area contributed by atoms with Crippen LogP contribution >= 0.6 is 0 Å². The van der Waals surface area contributed by atoms with E-state index in [1.54, 1.807) is 12.1 Å². The molecule has 0 saturated heterocycles. The number of nitrogens with zero attached hydrogens (tertiary/aromatic N) is 1. The molecule has 0 N–H and O–H groups in total.